The number of hydrogen-bond acceptors (Lipinski definition) is 4. The van der Waals surface area contributed by atoms with Crippen molar-refractivity contribution in [1.82, 2.24) is 4.31 Å². The minimum absolute atomic E-state index is 0.216. The molecule has 1 aliphatic heterocycles. The van der Waals surface area contributed by atoms with Gasteiger partial charge in [0.1, 0.15) is 16.8 Å². The Morgan fingerprint density at radius 1 is 1.45 bits per heavy atom. The van der Waals surface area contributed by atoms with Crippen molar-refractivity contribution in [2.45, 2.75) is 23.5 Å². The van der Waals surface area contributed by atoms with Crippen LogP contribution >= 0.6 is 15.9 Å². The van der Waals surface area contributed by atoms with Crippen LogP contribution < -0.4 is 0 Å². The van der Waals surface area contributed by atoms with Gasteiger partial charge in [0, 0.05) is 17.4 Å². The van der Waals surface area contributed by atoms with E-state index in [0.717, 1.165) is 12.1 Å². The van der Waals surface area contributed by atoms with E-state index in [9.17, 15) is 22.7 Å². The summed E-state index contributed by atoms with van der Waals surface area (Å²) in [4.78, 5) is 10.4. The number of carbonyl (C=O) groups is 1. The monoisotopic (exact) mass is 367 g/mol. The number of nitrogens with zero attached hydrogens (tertiary/aromatic N) is 1. The van der Waals surface area contributed by atoms with E-state index in [1.54, 1.807) is 0 Å². The maximum absolute atomic E-state index is 13.8. The van der Waals surface area contributed by atoms with E-state index in [0.29, 0.717) is 8.78 Å². The Morgan fingerprint density at radius 2 is 2.10 bits per heavy atom. The number of aliphatic hydroxyl groups is 1. The molecule has 0 aromatic heterocycles. The highest BCUT2D eigenvalue weighted by Gasteiger charge is 2.44. The van der Waals surface area contributed by atoms with Crippen LogP contribution in [0.3, 0.4) is 0 Å². The van der Waals surface area contributed by atoms with Crippen molar-refractivity contribution in [3.63, 3.8) is 0 Å². The third kappa shape index (κ3) is 2.71. The molecule has 0 bridgehead atoms. The highest BCUT2D eigenvalue weighted by atomic mass is 79.9. The fraction of sp³-hybridized carbons (Fsp3) is 0.364. The fourth-order valence-corrected chi connectivity index (χ4v) is 4.10. The van der Waals surface area contributed by atoms with Crippen molar-refractivity contribution in [1.29, 1.82) is 0 Å². The van der Waals surface area contributed by atoms with Crippen molar-refractivity contribution in [3.8, 4) is 0 Å². The second kappa shape index (κ2) is 5.40. The van der Waals surface area contributed by atoms with Crippen molar-refractivity contribution in [3.05, 3.63) is 28.5 Å². The van der Waals surface area contributed by atoms with Crippen LogP contribution in [0.1, 0.15) is 6.42 Å². The summed E-state index contributed by atoms with van der Waals surface area (Å²) >= 11 is 3.01. The Kier molecular flexibility index (Phi) is 4.14. The van der Waals surface area contributed by atoms with Gasteiger partial charge in [-0.25, -0.2) is 12.8 Å². The average Bonchev–Trinajstić information content (AvgIpc) is 2.71. The van der Waals surface area contributed by atoms with E-state index in [2.05, 4.69) is 15.9 Å². The molecule has 2 rings (SSSR count). The lowest BCUT2D eigenvalue weighted by Gasteiger charge is -2.21. The van der Waals surface area contributed by atoms with Gasteiger partial charge < -0.3 is 10.2 Å². The first-order valence-electron chi connectivity index (χ1n) is 5.61. The maximum atomic E-state index is 13.8. The van der Waals surface area contributed by atoms with Crippen LogP contribution in [0.25, 0.3) is 0 Å². The highest BCUT2D eigenvalue weighted by molar-refractivity contribution is 9.10. The number of carboxylic acid groups (broad SMARTS) is 1. The van der Waals surface area contributed by atoms with Crippen molar-refractivity contribution < 1.29 is 27.8 Å². The first kappa shape index (κ1) is 15.4. The van der Waals surface area contributed by atoms with Gasteiger partial charge >= 0.3 is 5.97 Å². The van der Waals surface area contributed by atoms with Crippen LogP contribution in [0, 0.1) is 5.82 Å². The molecule has 20 heavy (non-hydrogen) atoms. The Labute approximate surface area is 123 Å². The molecule has 0 unspecified atom stereocenters. The quantitative estimate of drug-likeness (QED) is 0.823. The van der Waals surface area contributed by atoms with Crippen molar-refractivity contribution in [2.24, 2.45) is 0 Å². The molecule has 0 spiro atoms. The molecule has 1 fully saturated rings. The molecule has 6 nitrogen and oxygen atoms in total. The van der Waals surface area contributed by atoms with Gasteiger partial charge in [0.05, 0.1) is 6.10 Å². The van der Waals surface area contributed by atoms with Crippen LogP contribution in [-0.2, 0) is 14.8 Å². The van der Waals surface area contributed by atoms with Crippen LogP contribution in [0.5, 0.6) is 0 Å². The second-order valence-electron chi connectivity index (χ2n) is 4.39. The van der Waals surface area contributed by atoms with E-state index in [-0.39, 0.29) is 13.0 Å². The molecule has 2 N–H and O–H groups in total. The standard InChI is InChI=1S/C11H11BrFNO5S/c12-6-1-2-10(8(13)3-6)20(18,19)14-5-7(15)4-9(14)11(16)17/h1-3,7,9,15H,4-5H2,(H,16,17)/t7-,9+/m1/s1. The zero-order chi connectivity index (χ0) is 15.1. The SMILES string of the molecule is O=C(O)[C@@H]1C[C@@H](O)CN1S(=O)(=O)c1ccc(Br)cc1F. The third-order valence-corrected chi connectivity index (χ3v) is 5.40. The minimum atomic E-state index is -4.32. The summed E-state index contributed by atoms with van der Waals surface area (Å²) in [6.07, 6.45) is -1.29. The zero-order valence-electron chi connectivity index (χ0n) is 10.0. The van der Waals surface area contributed by atoms with E-state index in [1.165, 1.54) is 6.07 Å². The molecule has 2 atom stereocenters. The third-order valence-electron chi connectivity index (χ3n) is 3.00. The summed E-state index contributed by atoms with van der Waals surface area (Å²) in [6, 6.07) is 1.99. The molecule has 1 heterocycles. The van der Waals surface area contributed by atoms with Crippen LogP contribution in [0.4, 0.5) is 4.39 Å². The molecule has 0 aliphatic carbocycles. The zero-order valence-corrected chi connectivity index (χ0v) is 12.4. The summed E-state index contributed by atoms with van der Waals surface area (Å²) < 4.78 is 39.4. The Balaban J connectivity index is 2.46. The molecule has 0 saturated carbocycles. The average molecular weight is 368 g/mol. The first-order chi connectivity index (χ1) is 9.23. The van der Waals surface area contributed by atoms with Gasteiger partial charge in [-0.3, -0.25) is 4.79 Å². The summed E-state index contributed by atoms with van der Waals surface area (Å²) in [6.45, 7) is -0.366. The molecule has 110 valence electrons. The maximum Gasteiger partial charge on any atom is 0.322 e. The predicted molar refractivity (Wildman–Crippen MR) is 70.0 cm³/mol. The van der Waals surface area contributed by atoms with E-state index in [1.807, 2.05) is 0 Å². The number of benzene rings is 1. The number of aliphatic hydroxyl groups excluding tert-OH is 1. The number of rotatable bonds is 3. The summed E-state index contributed by atoms with van der Waals surface area (Å²) in [5.41, 5.74) is 0. The molecule has 0 amide bonds. The van der Waals surface area contributed by atoms with Gasteiger partial charge in [0.25, 0.3) is 0 Å². The van der Waals surface area contributed by atoms with Gasteiger partial charge in [0.2, 0.25) is 10.0 Å². The summed E-state index contributed by atoms with van der Waals surface area (Å²) in [5.74, 6) is -2.35. The van der Waals surface area contributed by atoms with E-state index < -0.39 is 38.9 Å². The molecular weight excluding hydrogens is 357 g/mol. The predicted octanol–water partition coefficient (Wildman–Crippen LogP) is 0.797. The van der Waals surface area contributed by atoms with Gasteiger partial charge in [-0.15, -0.1) is 0 Å². The van der Waals surface area contributed by atoms with Crippen LogP contribution in [0.15, 0.2) is 27.6 Å². The second-order valence-corrected chi connectivity index (χ2v) is 7.17. The van der Waals surface area contributed by atoms with E-state index >= 15 is 0 Å². The number of halogens is 2. The smallest absolute Gasteiger partial charge is 0.322 e. The highest BCUT2D eigenvalue weighted by Crippen LogP contribution is 2.29. The van der Waals surface area contributed by atoms with Crippen LogP contribution in [0.2, 0.25) is 0 Å². The molecule has 1 aromatic carbocycles. The molecule has 0 radical (unpaired) electrons. The Hall–Kier alpha value is -1.03. The molecule has 1 aliphatic rings. The molecule has 1 saturated heterocycles. The largest absolute Gasteiger partial charge is 0.480 e. The van der Waals surface area contributed by atoms with Gasteiger partial charge in [0.15, 0.2) is 0 Å². The number of carboxylic acids is 1. The summed E-state index contributed by atoms with van der Waals surface area (Å²) in [5, 5.41) is 18.5. The fourth-order valence-electron chi connectivity index (χ4n) is 2.09. The van der Waals surface area contributed by atoms with Crippen molar-refractivity contribution in [2.75, 3.05) is 6.54 Å². The Bertz CT molecular complexity index is 650. The molecule has 1 aromatic rings. The lowest BCUT2D eigenvalue weighted by Crippen LogP contribution is -2.40. The minimum Gasteiger partial charge on any atom is -0.480 e. The number of aliphatic carboxylic acids is 1. The number of β-amino-alcohol motifs (C(OH)–C–C–N with tert-alkyl or cyclic N) is 1. The number of sulfonamides is 1. The molecular formula is C11H11BrFNO5S. The van der Waals surface area contributed by atoms with Gasteiger partial charge in [-0.2, -0.15) is 4.31 Å². The topological polar surface area (TPSA) is 94.9 Å². The lowest BCUT2D eigenvalue weighted by molar-refractivity contribution is -0.140. The lowest BCUT2D eigenvalue weighted by atomic mass is 10.2. The Morgan fingerprint density at radius 3 is 2.65 bits per heavy atom. The first-order valence-corrected chi connectivity index (χ1v) is 7.84. The van der Waals surface area contributed by atoms with Gasteiger partial charge in [-0.1, -0.05) is 15.9 Å². The van der Waals surface area contributed by atoms with Gasteiger partial charge in [-0.05, 0) is 18.2 Å². The normalized spacial score (nSPS) is 23.9. The number of hydrogen-bond donors (Lipinski definition) is 2. The summed E-state index contributed by atoms with van der Waals surface area (Å²) in [7, 11) is -4.32. The van der Waals surface area contributed by atoms with E-state index in [4.69, 9.17) is 5.11 Å². The van der Waals surface area contributed by atoms with Crippen molar-refractivity contribution >= 4 is 31.9 Å². The molecule has 9 heteroatoms. The van der Waals surface area contributed by atoms with Crippen LogP contribution in [-0.4, -0.2) is 47.6 Å².